The Morgan fingerprint density at radius 3 is 2.86 bits per heavy atom. The summed E-state index contributed by atoms with van der Waals surface area (Å²) in [7, 11) is 0. The molecule has 2 rings (SSSR count). The molecule has 5 nitrogen and oxygen atoms in total. The van der Waals surface area contributed by atoms with Crippen LogP contribution in [0.15, 0.2) is 36.5 Å². The molecule has 1 aromatic carbocycles. The first-order valence-electron chi connectivity index (χ1n) is 7.29. The second-order valence-electron chi connectivity index (χ2n) is 5.03. The van der Waals surface area contributed by atoms with Gasteiger partial charge in [-0.05, 0) is 44.0 Å². The number of nitrogens with one attached hydrogen (secondary N) is 2. The van der Waals surface area contributed by atoms with Gasteiger partial charge in [0.25, 0.3) is 0 Å². The fraction of sp³-hybridized carbons (Fsp3) is 0.294. The highest BCUT2D eigenvalue weighted by molar-refractivity contribution is 5.90. The van der Waals surface area contributed by atoms with E-state index in [4.69, 9.17) is 4.74 Å². The first-order valence-corrected chi connectivity index (χ1v) is 7.29. The molecule has 2 amide bonds. The van der Waals surface area contributed by atoms with E-state index in [0.717, 1.165) is 22.4 Å². The Hall–Kier alpha value is -2.56. The van der Waals surface area contributed by atoms with Gasteiger partial charge in [-0.15, -0.1) is 0 Å². The molecule has 0 spiro atoms. The molecular weight excluding hydrogens is 278 g/mol. The standard InChI is InChI=1S/C17H21N3O2/c1-4-22-16-14(6-5-9-18-16)11-19-17(21)20-15-10-12(2)7-8-13(15)3/h5-10H,4,11H2,1-3H3,(H2,19,20,21). The van der Waals surface area contributed by atoms with E-state index in [1.807, 2.05) is 51.1 Å². The molecule has 0 radical (unpaired) electrons. The largest absolute Gasteiger partial charge is 0.478 e. The Labute approximate surface area is 130 Å². The number of rotatable bonds is 5. The monoisotopic (exact) mass is 299 g/mol. The second-order valence-corrected chi connectivity index (χ2v) is 5.03. The molecule has 0 fully saturated rings. The van der Waals surface area contributed by atoms with Crippen LogP contribution in [0.25, 0.3) is 0 Å². The van der Waals surface area contributed by atoms with Crippen LogP contribution in [0, 0.1) is 13.8 Å². The maximum absolute atomic E-state index is 12.0. The lowest BCUT2D eigenvalue weighted by atomic mass is 10.1. The van der Waals surface area contributed by atoms with Gasteiger partial charge in [-0.3, -0.25) is 0 Å². The Morgan fingerprint density at radius 2 is 2.09 bits per heavy atom. The normalized spacial score (nSPS) is 10.1. The topological polar surface area (TPSA) is 63.2 Å². The van der Waals surface area contributed by atoms with Crippen LogP contribution in [-0.2, 0) is 6.54 Å². The molecular formula is C17H21N3O2. The molecule has 5 heteroatoms. The minimum atomic E-state index is -0.250. The maximum Gasteiger partial charge on any atom is 0.319 e. The minimum Gasteiger partial charge on any atom is -0.478 e. The summed E-state index contributed by atoms with van der Waals surface area (Å²) >= 11 is 0. The van der Waals surface area contributed by atoms with Crippen molar-refractivity contribution >= 4 is 11.7 Å². The van der Waals surface area contributed by atoms with E-state index in [0.29, 0.717) is 19.0 Å². The lowest BCUT2D eigenvalue weighted by molar-refractivity contribution is 0.251. The summed E-state index contributed by atoms with van der Waals surface area (Å²) in [5.74, 6) is 0.553. The molecule has 0 bridgehead atoms. The molecule has 1 heterocycles. The zero-order valence-electron chi connectivity index (χ0n) is 13.1. The molecule has 0 saturated heterocycles. The molecule has 0 aliphatic carbocycles. The summed E-state index contributed by atoms with van der Waals surface area (Å²) in [6.07, 6.45) is 1.67. The van der Waals surface area contributed by atoms with Gasteiger partial charge in [0.05, 0.1) is 6.61 Å². The maximum atomic E-state index is 12.0. The first kappa shape index (κ1) is 15.8. The molecule has 0 aliphatic rings. The van der Waals surface area contributed by atoms with Gasteiger partial charge in [-0.1, -0.05) is 18.2 Å². The van der Waals surface area contributed by atoms with Gasteiger partial charge in [0.15, 0.2) is 0 Å². The number of hydrogen-bond donors (Lipinski definition) is 2. The Kier molecular flexibility index (Phi) is 5.36. The number of carbonyl (C=O) groups excluding carboxylic acids is 1. The van der Waals surface area contributed by atoms with Crippen molar-refractivity contribution in [1.82, 2.24) is 10.3 Å². The highest BCUT2D eigenvalue weighted by atomic mass is 16.5. The van der Waals surface area contributed by atoms with Crippen LogP contribution >= 0.6 is 0 Å². The van der Waals surface area contributed by atoms with Gasteiger partial charge in [-0.2, -0.15) is 0 Å². The van der Waals surface area contributed by atoms with Crippen molar-refractivity contribution < 1.29 is 9.53 Å². The Morgan fingerprint density at radius 1 is 1.27 bits per heavy atom. The van der Waals surface area contributed by atoms with E-state index in [9.17, 15) is 4.79 Å². The van der Waals surface area contributed by atoms with E-state index >= 15 is 0 Å². The summed E-state index contributed by atoms with van der Waals surface area (Å²) in [6.45, 7) is 6.76. The molecule has 0 unspecified atom stereocenters. The van der Waals surface area contributed by atoms with Gasteiger partial charge in [0.2, 0.25) is 5.88 Å². The number of aryl methyl sites for hydroxylation is 2. The average Bonchev–Trinajstić information content (AvgIpc) is 2.50. The molecule has 0 saturated carbocycles. The summed E-state index contributed by atoms with van der Waals surface area (Å²) in [4.78, 5) is 16.2. The van der Waals surface area contributed by atoms with Crippen molar-refractivity contribution in [3.05, 3.63) is 53.2 Å². The molecule has 0 atom stereocenters. The number of ether oxygens (including phenoxy) is 1. The number of anilines is 1. The lowest BCUT2D eigenvalue weighted by Crippen LogP contribution is -2.28. The van der Waals surface area contributed by atoms with Crippen LogP contribution in [0.5, 0.6) is 5.88 Å². The molecule has 22 heavy (non-hydrogen) atoms. The number of amides is 2. The molecule has 1 aromatic heterocycles. The lowest BCUT2D eigenvalue weighted by Gasteiger charge is -2.12. The van der Waals surface area contributed by atoms with Crippen molar-refractivity contribution in [3.8, 4) is 5.88 Å². The number of nitrogens with zero attached hydrogens (tertiary/aromatic N) is 1. The predicted molar refractivity (Wildman–Crippen MR) is 87.2 cm³/mol. The fourth-order valence-electron chi connectivity index (χ4n) is 2.04. The molecule has 116 valence electrons. The van der Waals surface area contributed by atoms with Gasteiger partial charge < -0.3 is 15.4 Å². The average molecular weight is 299 g/mol. The van der Waals surface area contributed by atoms with Gasteiger partial charge in [0, 0.05) is 24.0 Å². The Bertz CT molecular complexity index is 656. The van der Waals surface area contributed by atoms with Gasteiger partial charge in [0.1, 0.15) is 0 Å². The summed E-state index contributed by atoms with van der Waals surface area (Å²) in [5, 5.41) is 5.68. The third kappa shape index (κ3) is 4.22. The number of hydrogen-bond acceptors (Lipinski definition) is 3. The third-order valence-electron chi connectivity index (χ3n) is 3.21. The van der Waals surface area contributed by atoms with Crippen molar-refractivity contribution in [2.75, 3.05) is 11.9 Å². The second kappa shape index (κ2) is 7.45. The molecule has 0 aliphatic heterocycles. The van der Waals surface area contributed by atoms with E-state index < -0.39 is 0 Å². The zero-order chi connectivity index (χ0) is 15.9. The first-order chi connectivity index (χ1) is 10.6. The molecule has 2 N–H and O–H groups in total. The highest BCUT2D eigenvalue weighted by Crippen LogP contribution is 2.17. The van der Waals surface area contributed by atoms with Crippen LogP contribution in [-0.4, -0.2) is 17.6 Å². The van der Waals surface area contributed by atoms with Crippen molar-refractivity contribution in [3.63, 3.8) is 0 Å². The van der Waals surface area contributed by atoms with E-state index in [1.54, 1.807) is 6.20 Å². The summed E-state index contributed by atoms with van der Waals surface area (Å²) in [6, 6.07) is 9.41. The summed E-state index contributed by atoms with van der Waals surface area (Å²) in [5.41, 5.74) is 3.79. The van der Waals surface area contributed by atoms with Crippen molar-refractivity contribution in [1.29, 1.82) is 0 Å². The van der Waals surface area contributed by atoms with E-state index in [1.165, 1.54) is 0 Å². The van der Waals surface area contributed by atoms with Crippen LogP contribution in [0.4, 0.5) is 10.5 Å². The number of carbonyl (C=O) groups is 1. The number of pyridine rings is 1. The number of benzene rings is 1. The van der Waals surface area contributed by atoms with Crippen LogP contribution in [0.2, 0.25) is 0 Å². The third-order valence-corrected chi connectivity index (χ3v) is 3.21. The van der Waals surface area contributed by atoms with Crippen molar-refractivity contribution in [2.45, 2.75) is 27.3 Å². The Balaban J connectivity index is 1.97. The fourth-order valence-corrected chi connectivity index (χ4v) is 2.04. The quantitative estimate of drug-likeness (QED) is 0.889. The molecule has 2 aromatic rings. The summed E-state index contributed by atoms with van der Waals surface area (Å²) < 4.78 is 5.44. The van der Waals surface area contributed by atoms with Gasteiger partial charge in [-0.25, -0.2) is 9.78 Å². The number of urea groups is 1. The number of aromatic nitrogens is 1. The van der Waals surface area contributed by atoms with E-state index in [2.05, 4.69) is 15.6 Å². The zero-order valence-corrected chi connectivity index (χ0v) is 13.1. The van der Waals surface area contributed by atoms with Crippen LogP contribution < -0.4 is 15.4 Å². The van der Waals surface area contributed by atoms with Crippen LogP contribution in [0.3, 0.4) is 0 Å². The predicted octanol–water partition coefficient (Wildman–Crippen LogP) is 3.42. The smallest absolute Gasteiger partial charge is 0.319 e. The highest BCUT2D eigenvalue weighted by Gasteiger charge is 2.08. The van der Waals surface area contributed by atoms with E-state index in [-0.39, 0.29) is 6.03 Å². The van der Waals surface area contributed by atoms with Gasteiger partial charge >= 0.3 is 6.03 Å². The van der Waals surface area contributed by atoms with Crippen LogP contribution in [0.1, 0.15) is 23.6 Å². The SMILES string of the molecule is CCOc1ncccc1CNC(=O)Nc1cc(C)ccc1C. The van der Waals surface area contributed by atoms with Crippen molar-refractivity contribution in [2.24, 2.45) is 0 Å². The minimum absolute atomic E-state index is 0.250.